The first kappa shape index (κ1) is 11.2. The monoisotopic (exact) mass is 233 g/mol. The summed E-state index contributed by atoms with van der Waals surface area (Å²) in [7, 11) is 0. The quantitative estimate of drug-likeness (QED) is 0.853. The van der Waals surface area contributed by atoms with Crippen molar-refractivity contribution in [3.63, 3.8) is 0 Å². The molecule has 2 unspecified atom stereocenters. The first-order valence-corrected chi connectivity index (χ1v) is 6.40. The van der Waals surface area contributed by atoms with Gasteiger partial charge in [-0.25, -0.2) is 0 Å². The first-order chi connectivity index (χ1) is 8.34. The Morgan fingerprint density at radius 1 is 1.18 bits per heavy atom. The first-order valence-electron chi connectivity index (χ1n) is 6.40. The molecule has 1 heterocycles. The van der Waals surface area contributed by atoms with Gasteiger partial charge in [0.1, 0.15) is 0 Å². The maximum atomic E-state index is 9.95. The zero-order chi connectivity index (χ0) is 11.7. The van der Waals surface area contributed by atoms with Crippen LogP contribution in [-0.2, 0) is 11.3 Å². The van der Waals surface area contributed by atoms with E-state index in [2.05, 4.69) is 29.2 Å². The minimum absolute atomic E-state index is 0.183. The summed E-state index contributed by atoms with van der Waals surface area (Å²) in [6.45, 7) is 2.09. The highest BCUT2D eigenvalue weighted by molar-refractivity contribution is 5.15. The van der Waals surface area contributed by atoms with E-state index < -0.39 is 0 Å². The van der Waals surface area contributed by atoms with Gasteiger partial charge in [0.15, 0.2) is 0 Å². The van der Waals surface area contributed by atoms with Crippen LogP contribution in [0, 0.1) is 0 Å². The molecule has 0 amide bonds. The average Bonchev–Trinajstić information content (AvgIpc) is 3.11. The van der Waals surface area contributed by atoms with E-state index in [4.69, 9.17) is 4.74 Å². The van der Waals surface area contributed by atoms with Gasteiger partial charge in [0, 0.05) is 12.6 Å². The van der Waals surface area contributed by atoms with Crippen LogP contribution in [0.1, 0.15) is 18.4 Å². The van der Waals surface area contributed by atoms with Crippen LogP contribution < -0.4 is 0 Å². The number of ether oxygens (including phenoxy) is 1. The van der Waals surface area contributed by atoms with Gasteiger partial charge >= 0.3 is 0 Å². The Morgan fingerprint density at radius 2 is 1.94 bits per heavy atom. The van der Waals surface area contributed by atoms with Gasteiger partial charge in [-0.15, -0.1) is 0 Å². The molecule has 92 valence electrons. The van der Waals surface area contributed by atoms with Crippen molar-refractivity contribution in [1.29, 1.82) is 0 Å². The summed E-state index contributed by atoms with van der Waals surface area (Å²) in [5.41, 5.74) is 1.32. The van der Waals surface area contributed by atoms with E-state index in [1.54, 1.807) is 0 Å². The maximum Gasteiger partial charge on any atom is 0.0951 e. The van der Waals surface area contributed by atoms with Gasteiger partial charge in [0.2, 0.25) is 0 Å². The van der Waals surface area contributed by atoms with Crippen molar-refractivity contribution in [2.75, 3.05) is 13.2 Å². The Kier molecular flexibility index (Phi) is 3.14. The van der Waals surface area contributed by atoms with Gasteiger partial charge in [-0.1, -0.05) is 30.3 Å². The Balaban J connectivity index is 1.72. The number of hydrogen-bond acceptors (Lipinski definition) is 3. The molecule has 2 aliphatic rings. The van der Waals surface area contributed by atoms with Crippen LogP contribution in [0.3, 0.4) is 0 Å². The summed E-state index contributed by atoms with van der Waals surface area (Å²) in [5.74, 6) is 0. The van der Waals surface area contributed by atoms with Crippen molar-refractivity contribution in [3.05, 3.63) is 35.9 Å². The van der Waals surface area contributed by atoms with Crippen molar-refractivity contribution in [2.24, 2.45) is 0 Å². The SMILES string of the molecule is OC1COCC1N(Cc1ccccc1)C1CC1. The fraction of sp³-hybridized carbons (Fsp3) is 0.571. The van der Waals surface area contributed by atoms with Crippen LogP contribution in [0.2, 0.25) is 0 Å². The Morgan fingerprint density at radius 3 is 2.53 bits per heavy atom. The molecule has 2 fully saturated rings. The highest BCUT2D eigenvalue weighted by Gasteiger charge is 2.39. The second kappa shape index (κ2) is 4.77. The molecule has 3 nitrogen and oxygen atoms in total. The molecular formula is C14H19NO2. The second-order valence-corrected chi connectivity index (χ2v) is 5.06. The molecule has 1 saturated heterocycles. The van der Waals surface area contributed by atoms with E-state index in [1.165, 1.54) is 18.4 Å². The summed E-state index contributed by atoms with van der Waals surface area (Å²) in [5, 5.41) is 9.95. The van der Waals surface area contributed by atoms with E-state index in [-0.39, 0.29) is 12.1 Å². The highest BCUT2D eigenvalue weighted by atomic mass is 16.5. The lowest BCUT2D eigenvalue weighted by atomic mass is 10.1. The van der Waals surface area contributed by atoms with E-state index in [1.807, 2.05) is 6.07 Å². The fourth-order valence-corrected chi connectivity index (χ4v) is 2.57. The van der Waals surface area contributed by atoms with E-state index in [0.717, 1.165) is 6.54 Å². The third kappa shape index (κ3) is 2.51. The van der Waals surface area contributed by atoms with E-state index in [9.17, 15) is 5.11 Å². The van der Waals surface area contributed by atoms with Gasteiger partial charge in [-0.2, -0.15) is 0 Å². The van der Waals surface area contributed by atoms with Gasteiger partial charge in [-0.05, 0) is 18.4 Å². The van der Waals surface area contributed by atoms with Gasteiger partial charge in [0.25, 0.3) is 0 Å². The summed E-state index contributed by atoms with van der Waals surface area (Å²) in [6, 6.07) is 11.3. The molecule has 1 aliphatic carbocycles. The minimum Gasteiger partial charge on any atom is -0.389 e. The van der Waals surface area contributed by atoms with Gasteiger partial charge in [0.05, 0.1) is 25.4 Å². The molecule has 1 saturated carbocycles. The molecule has 3 heteroatoms. The number of benzene rings is 1. The predicted octanol–water partition coefficient (Wildman–Crippen LogP) is 1.41. The Bertz CT molecular complexity index is 364. The van der Waals surface area contributed by atoms with Crippen LogP contribution in [0.4, 0.5) is 0 Å². The van der Waals surface area contributed by atoms with E-state index in [0.29, 0.717) is 19.3 Å². The van der Waals surface area contributed by atoms with Crippen molar-refractivity contribution in [2.45, 2.75) is 37.6 Å². The lowest BCUT2D eigenvalue weighted by molar-refractivity contribution is 0.0723. The Labute approximate surface area is 102 Å². The van der Waals surface area contributed by atoms with Gasteiger partial charge < -0.3 is 9.84 Å². The molecule has 1 aromatic rings. The molecule has 1 aromatic carbocycles. The summed E-state index contributed by atoms with van der Waals surface area (Å²) in [6.07, 6.45) is 2.20. The smallest absolute Gasteiger partial charge is 0.0951 e. The molecule has 2 atom stereocenters. The number of aliphatic hydroxyl groups is 1. The summed E-state index contributed by atoms with van der Waals surface area (Å²) < 4.78 is 5.37. The third-order valence-electron chi connectivity index (χ3n) is 3.67. The molecule has 1 aliphatic heterocycles. The van der Waals surface area contributed by atoms with Crippen LogP contribution in [0.15, 0.2) is 30.3 Å². The molecule has 0 radical (unpaired) electrons. The normalized spacial score (nSPS) is 28.8. The van der Waals surface area contributed by atoms with Crippen molar-refractivity contribution < 1.29 is 9.84 Å². The molecule has 17 heavy (non-hydrogen) atoms. The topological polar surface area (TPSA) is 32.7 Å². The standard InChI is InChI=1S/C14H19NO2/c16-14-10-17-9-13(14)15(12-6-7-12)8-11-4-2-1-3-5-11/h1-5,12-14,16H,6-10H2. The van der Waals surface area contributed by atoms with Crippen LogP contribution in [0.25, 0.3) is 0 Å². The van der Waals surface area contributed by atoms with Crippen LogP contribution in [-0.4, -0.2) is 41.4 Å². The van der Waals surface area contributed by atoms with E-state index >= 15 is 0 Å². The highest BCUT2D eigenvalue weighted by Crippen LogP contribution is 2.32. The largest absolute Gasteiger partial charge is 0.389 e. The zero-order valence-corrected chi connectivity index (χ0v) is 9.96. The van der Waals surface area contributed by atoms with Crippen LogP contribution in [0.5, 0.6) is 0 Å². The molecule has 1 N–H and O–H groups in total. The second-order valence-electron chi connectivity index (χ2n) is 5.06. The van der Waals surface area contributed by atoms with Gasteiger partial charge in [-0.3, -0.25) is 4.90 Å². The van der Waals surface area contributed by atoms with Crippen molar-refractivity contribution >= 4 is 0 Å². The lowest BCUT2D eigenvalue weighted by Crippen LogP contribution is -2.43. The van der Waals surface area contributed by atoms with Crippen LogP contribution >= 0.6 is 0 Å². The predicted molar refractivity (Wildman–Crippen MR) is 65.6 cm³/mol. The average molecular weight is 233 g/mol. The number of hydrogen-bond donors (Lipinski definition) is 1. The summed E-state index contributed by atoms with van der Waals surface area (Å²) in [4.78, 5) is 2.42. The number of rotatable bonds is 4. The Hall–Kier alpha value is -0.900. The molecule has 0 spiro atoms. The van der Waals surface area contributed by atoms with Crippen molar-refractivity contribution in [3.8, 4) is 0 Å². The zero-order valence-electron chi connectivity index (χ0n) is 9.96. The molecule has 0 aromatic heterocycles. The third-order valence-corrected chi connectivity index (χ3v) is 3.67. The number of nitrogens with zero attached hydrogens (tertiary/aromatic N) is 1. The maximum absolute atomic E-state index is 9.95. The molecule has 3 rings (SSSR count). The molecular weight excluding hydrogens is 214 g/mol. The minimum atomic E-state index is -0.320. The summed E-state index contributed by atoms with van der Waals surface area (Å²) >= 11 is 0. The number of aliphatic hydroxyl groups excluding tert-OH is 1. The molecule has 0 bridgehead atoms. The van der Waals surface area contributed by atoms with Crippen molar-refractivity contribution in [1.82, 2.24) is 4.90 Å². The lowest BCUT2D eigenvalue weighted by Gasteiger charge is -2.29. The fourth-order valence-electron chi connectivity index (χ4n) is 2.57.